The molecular weight excluding hydrogens is 558 g/mol. The first-order chi connectivity index (χ1) is 17.2. The van der Waals surface area contributed by atoms with E-state index in [4.69, 9.17) is 4.52 Å². The fourth-order valence-corrected chi connectivity index (χ4v) is 4.64. The van der Waals surface area contributed by atoms with E-state index in [9.17, 15) is 18.0 Å². The largest absolute Gasteiger partial charge is 0.421 e. The van der Waals surface area contributed by atoms with Gasteiger partial charge in [0.25, 0.3) is 5.56 Å². The first-order valence-electron chi connectivity index (χ1n) is 10.9. The second kappa shape index (κ2) is 10.9. The molecule has 0 radical (unpaired) electrons. The Balaban J connectivity index is 1.68. The molecule has 0 aliphatic rings. The van der Waals surface area contributed by atoms with Gasteiger partial charge in [-0.05, 0) is 42.8 Å². The number of rotatable bonds is 8. The molecule has 0 bridgehead atoms. The second-order valence-electron chi connectivity index (χ2n) is 7.77. The topological polar surface area (TPSA) is 81.1 Å². The van der Waals surface area contributed by atoms with Crippen molar-refractivity contribution in [1.29, 1.82) is 0 Å². The van der Waals surface area contributed by atoms with E-state index in [2.05, 4.69) is 36.5 Å². The fourth-order valence-electron chi connectivity index (χ4n) is 3.47. The molecule has 0 aliphatic carbocycles. The number of halogens is 4. The standard InChI is InChI=1S/C24H22BrF3N5O2P/c1-3-35-36-13-14-4-6-15(7-5-14)30-23-29-12-17(24(26,27)28)21(32-23)31-19-9-8-18(25)16-10-11-33(2)22(34)20(16)19/h4-12,36H,3,13H2,1-2H3,(H2,29,30,31,32). The van der Waals surface area contributed by atoms with Crippen molar-refractivity contribution in [3.05, 3.63) is 80.8 Å². The fraction of sp³-hybridized carbons (Fsp3) is 0.208. The molecule has 2 heterocycles. The summed E-state index contributed by atoms with van der Waals surface area (Å²) in [6, 6.07) is 12.3. The second-order valence-corrected chi connectivity index (χ2v) is 9.56. The summed E-state index contributed by atoms with van der Waals surface area (Å²) in [5.41, 5.74) is 0.481. The third-order valence-corrected chi connectivity index (χ3v) is 7.01. The molecule has 0 amide bonds. The van der Waals surface area contributed by atoms with Crippen molar-refractivity contribution >= 4 is 58.7 Å². The predicted molar refractivity (Wildman–Crippen MR) is 141 cm³/mol. The van der Waals surface area contributed by atoms with Gasteiger partial charge in [0, 0.05) is 56.6 Å². The van der Waals surface area contributed by atoms with E-state index in [0.29, 0.717) is 37.2 Å². The van der Waals surface area contributed by atoms with Gasteiger partial charge >= 0.3 is 6.18 Å². The minimum absolute atomic E-state index is 0.0243. The van der Waals surface area contributed by atoms with Gasteiger partial charge in [-0.1, -0.05) is 28.1 Å². The van der Waals surface area contributed by atoms with Gasteiger partial charge in [0.15, 0.2) is 0 Å². The predicted octanol–water partition coefficient (Wildman–Crippen LogP) is 6.73. The van der Waals surface area contributed by atoms with Crippen molar-refractivity contribution in [2.75, 3.05) is 17.2 Å². The molecule has 1 atom stereocenters. The third kappa shape index (κ3) is 5.86. The van der Waals surface area contributed by atoms with E-state index in [1.807, 2.05) is 19.1 Å². The molecule has 0 saturated heterocycles. The van der Waals surface area contributed by atoms with Crippen molar-refractivity contribution in [1.82, 2.24) is 14.5 Å². The molecule has 36 heavy (non-hydrogen) atoms. The normalized spacial score (nSPS) is 11.9. The van der Waals surface area contributed by atoms with Crippen LogP contribution in [0.25, 0.3) is 10.8 Å². The monoisotopic (exact) mass is 579 g/mol. The SMILES string of the molecule is CCOPCc1ccc(Nc2ncc(C(F)(F)F)c(Nc3ccc(Br)c4ccn(C)c(=O)c34)n2)cc1. The number of hydrogen-bond donors (Lipinski definition) is 2. The summed E-state index contributed by atoms with van der Waals surface area (Å²) in [5.74, 6) is -0.493. The van der Waals surface area contributed by atoms with Gasteiger partial charge in [0.1, 0.15) is 11.4 Å². The highest BCUT2D eigenvalue weighted by atomic mass is 79.9. The Labute approximate surface area is 215 Å². The summed E-state index contributed by atoms with van der Waals surface area (Å²) < 4.78 is 48.7. The van der Waals surface area contributed by atoms with Crippen LogP contribution in [0, 0.1) is 0 Å². The smallest absolute Gasteiger partial charge is 0.362 e. The lowest BCUT2D eigenvalue weighted by Gasteiger charge is -2.16. The number of aromatic nitrogens is 3. The summed E-state index contributed by atoms with van der Waals surface area (Å²) in [5, 5.41) is 6.46. The summed E-state index contributed by atoms with van der Waals surface area (Å²) in [6.45, 7) is 2.59. The molecule has 4 aromatic rings. The molecule has 12 heteroatoms. The zero-order valence-electron chi connectivity index (χ0n) is 19.3. The quantitative estimate of drug-likeness (QED) is 0.178. The van der Waals surface area contributed by atoms with Gasteiger partial charge in [-0.25, -0.2) is 4.98 Å². The maximum absolute atomic E-state index is 13.8. The number of nitrogens with one attached hydrogen (secondary N) is 2. The molecule has 1 unspecified atom stereocenters. The molecule has 4 rings (SSSR count). The average molecular weight is 580 g/mol. The van der Waals surface area contributed by atoms with Gasteiger partial charge in [0.2, 0.25) is 5.95 Å². The zero-order chi connectivity index (χ0) is 25.9. The first-order valence-corrected chi connectivity index (χ1v) is 12.8. The lowest BCUT2D eigenvalue weighted by atomic mass is 10.1. The highest BCUT2D eigenvalue weighted by Gasteiger charge is 2.35. The summed E-state index contributed by atoms with van der Waals surface area (Å²) in [6.07, 6.45) is -1.62. The average Bonchev–Trinajstić information content (AvgIpc) is 2.83. The number of anilines is 4. The highest BCUT2D eigenvalue weighted by molar-refractivity contribution is 9.10. The van der Waals surface area contributed by atoms with E-state index < -0.39 is 17.6 Å². The Morgan fingerprint density at radius 1 is 1.11 bits per heavy atom. The summed E-state index contributed by atoms with van der Waals surface area (Å²) in [4.78, 5) is 20.8. The minimum atomic E-state index is -4.71. The van der Waals surface area contributed by atoms with E-state index in [1.165, 1.54) is 10.6 Å². The molecule has 2 aromatic carbocycles. The molecule has 7 nitrogen and oxygen atoms in total. The van der Waals surface area contributed by atoms with Crippen LogP contribution in [0.15, 0.2) is 64.1 Å². The molecular formula is C24H22BrF3N5O2P. The van der Waals surface area contributed by atoms with Gasteiger partial charge in [-0.2, -0.15) is 18.2 Å². The molecule has 188 valence electrons. The first kappa shape index (κ1) is 26.1. The number of pyridine rings is 1. The number of fused-ring (bicyclic) bond motifs is 1. The van der Waals surface area contributed by atoms with E-state index >= 15 is 0 Å². The van der Waals surface area contributed by atoms with Crippen LogP contribution in [0.4, 0.5) is 36.3 Å². The molecule has 2 aromatic heterocycles. The summed E-state index contributed by atoms with van der Waals surface area (Å²) in [7, 11) is 1.93. The van der Waals surface area contributed by atoms with Gasteiger partial charge < -0.3 is 19.7 Å². The molecule has 0 spiro atoms. The Kier molecular flexibility index (Phi) is 7.92. The molecule has 0 fully saturated rings. The number of alkyl halides is 3. The number of aryl methyl sites for hydroxylation is 1. The number of benzene rings is 2. The van der Waals surface area contributed by atoms with Gasteiger partial charge in [-0.3, -0.25) is 4.79 Å². The highest BCUT2D eigenvalue weighted by Crippen LogP contribution is 2.37. The minimum Gasteiger partial charge on any atom is -0.362 e. The van der Waals surface area contributed by atoms with Crippen LogP contribution in [0.3, 0.4) is 0 Å². The lowest BCUT2D eigenvalue weighted by molar-refractivity contribution is -0.137. The van der Waals surface area contributed by atoms with Crippen LogP contribution >= 0.6 is 24.7 Å². The Hall–Kier alpha value is -3.01. The Morgan fingerprint density at radius 2 is 1.86 bits per heavy atom. The van der Waals surface area contributed by atoms with E-state index in [-0.39, 0.29) is 22.6 Å². The van der Waals surface area contributed by atoms with E-state index in [1.54, 1.807) is 37.5 Å². The maximum atomic E-state index is 13.8. The van der Waals surface area contributed by atoms with Crippen molar-refractivity contribution in [2.24, 2.45) is 7.05 Å². The molecule has 0 saturated carbocycles. The lowest BCUT2D eigenvalue weighted by Crippen LogP contribution is -2.18. The van der Waals surface area contributed by atoms with Crippen LogP contribution in [0.5, 0.6) is 0 Å². The van der Waals surface area contributed by atoms with Crippen LogP contribution in [-0.4, -0.2) is 21.1 Å². The molecule has 2 N–H and O–H groups in total. The van der Waals surface area contributed by atoms with Crippen molar-refractivity contribution in [3.8, 4) is 0 Å². The van der Waals surface area contributed by atoms with Crippen molar-refractivity contribution < 1.29 is 17.7 Å². The number of hydrogen-bond acceptors (Lipinski definition) is 6. The van der Waals surface area contributed by atoms with Crippen LogP contribution in [-0.2, 0) is 23.9 Å². The van der Waals surface area contributed by atoms with Gasteiger partial charge in [-0.15, -0.1) is 0 Å². The zero-order valence-corrected chi connectivity index (χ0v) is 21.9. The van der Waals surface area contributed by atoms with Crippen LogP contribution in [0.1, 0.15) is 18.1 Å². The van der Waals surface area contributed by atoms with E-state index in [0.717, 1.165) is 11.7 Å². The maximum Gasteiger partial charge on any atom is 0.421 e. The van der Waals surface area contributed by atoms with Crippen molar-refractivity contribution in [3.63, 3.8) is 0 Å². The summed E-state index contributed by atoms with van der Waals surface area (Å²) >= 11 is 3.39. The third-order valence-electron chi connectivity index (χ3n) is 5.27. The van der Waals surface area contributed by atoms with Crippen molar-refractivity contribution in [2.45, 2.75) is 19.3 Å². The van der Waals surface area contributed by atoms with Crippen LogP contribution < -0.4 is 16.2 Å². The molecule has 0 aliphatic heterocycles. The number of nitrogens with zero attached hydrogens (tertiary/aromatic N) is 3. The Morgan fingerprint density at radius 3 is 2.56 bits per heavy atom. The Bertz CT molecular complexity index is 1450. The van der Waals surface area contributed by atoms with Gasteiger partial charge in [0.05, 0.1) is 11.1 Å². The van der Waals surface area contributed by atoms with Crippen LogP contribution in [0.2, 0.25) is 0 Å².